The molecular formula is C22H21ClN4O3. The summed E-state index contributed by atoms with van der Waals surface area (Å²) in [5, 5.41) is 0.496. The first-order valence-electron chi connectivity index (χ1n) is 9.42. The highest BCUT2D eigenvalue weighted by atomic mass is 35.5. The summed E-state index contributed by atoms with van der Waals surface area (Å²) in [7, 11) is 3.28. The summed E-state index contributed by atoms with van der Waals surface area (Å²) in [6.07, 6.45) is 0. The summed E-state index contributed by atoms with van der Waals surface area (Å²) in [6, 6.07) is 13.2. The summed E-state index contributed by atoms with van der Waals surface area (Å²) < 4.78 is 10.1. The molecule has 0 N–H and O–H groups in total. The Labute approximate surface area is 177 Å². The zero-order chi connectivity index (χ0) is 21.6. The van der Waals surface area contributed by atoms with Gasteiger partial charge in [0.1, 0.15) is 5.75 Å². The van der Waals surface area contributed by atoms with Crippen LogP contribution in [0.4, 0.5) is 0 Å². The lowest BCUT2D eigenvalue weighted by molar-refractivity contribution is 0.424. The van der Waals surface area contributed by atoms with Crippen LogP contribution in [-0.4, -0.2) is 18.7 Å². The van der Waals surface area contributed by atoms with Crippen molar-refractivity contribution in [1.29, 1.82) is 0 Å². The Morgan fingerprint density at radius 1 is 1.03 bits per heavy atom. The Balaban J connectivity index is 1.87. The second-order valence-electron chi connectivity index (χ2n) is 7.32. The number of aryl methyl sites for hydroxylation is 4. The standard InChI is InChI=1S/C22H21ClN4O3/c1-13-9-10-14(2)17(11-13)30-21-24-19-18(25(21)3)20(28)27(22(29)26(19)4)12-15-7-5-6-8-16(15)23/h5-11H,12H2,1-4H3. The third-order valence-electron chi connectivity index (χ3n) is 5.15. The number of ether oxygens (including phenoxy) is 1. The monoisotopic (exact) mass is 424 g/mol. The minimum atomic E-state index is -0.469. The highest BCUT2D eigenvalue weighted by Crippen LogP contribution is 2.26. The molecule has 0 saturated carbocycles. The van der Waals surface area contributed by atoms with Gasteiger partial charge in [-0.15, -0.1) is 0 Å². The molecular weight excluding hydrogens is 404 g/mol. The molecule has 2 heterocycles. The fourth-order valence-electron chi connectivity index (χ4n) is 3.37. The molecule has 0 bridgehead atoms. The number of nitrogens with zero attached hydrogens (tertiary/aromatic N) is 4. The van der Waals surface area contributed by atoms with E-state index >= 15 is 0 Å². The molecule has 0 atom stereocenters. The van der Waals surface area contributed by atoms with Crippen molar-refractivity contribution in [2.45, 2.75) is 20.4 Å². The zero-order valence-electron chi connectivity index (χ0n) is 17.1. The predicted molar refractivity (Wildman–Crippen MR) is 117 cm³/mol. The Bertz CT molecular complexity index is 1400. The molecule has 2 aromatic heterocycles. The van der Waals surface area contributed by atoms with E-state index in [-0.39, 0.29) is 23.7 Å². The second-order valence-corrected chi connectivity index (χ2v) is 7.73. The third kappa shape index (κ3) is 3.31. The van der Waals surface area contributed by atoms with Gasteiger partial charge >= 0.3 is 11.7 Å². The van der Waals surface area contributed by atoms with E-state index in [2.05, 4.69) is 4.98 Å². The highest BCUT2D eigenvalue weighted by molar-refractivity contribution is 6.31. The maximum atomic E-state index is 13.2. The number of aromatic nitrogens is 4. The second kappa shape index (κ2) is 7.50. The molecule has 0 aliphatic heterocycles. The molecule has 0 unspecified atom stereocenters. The van der Waals surface area contributed by atoms with Gasteiger partial charge in [0.25, 0.3) is 5.56 Å². The van der Waals surface area contributed by atoms with Crippen molar-refractivity contribution in [2.75, 3.05) is 0 Å². The van der Waals surface area contributed by atoms with Gasteiger partial charge in [-0.2, -0.15) is 4.98 Å². The van der Waals surface area contributed by atoms with Gasteiger partial charge in [-0.3, -0.25) is 18.5 Å². The topological polar surface area (TPSA) is 71.1 Å². The van der Waals surface area contributed by atoms with Crippen LogP contribution in [0.15, 0.2) is 52.1 Å². The van der Waals surface area contributed by atoms with E-state index in [1.54, 1.807) is 36.9 Å². The van der Waals surface area contributed by atoms with Crippen LogP contribution >= 0.6 is 11.6 Å². The van der Waals surface area contributed by atoms with E-state index in [9.17, 15) is 9.59 Å². The first kappa shape index (κ1) is 20.0. The van der Waals surface area contributed by atoms with Gasteiger partial charge in [-0.1, -0.05) is 41.9 Å². The van der Waals surface area contributed by atoms with Crippen molar-refractivity contribution >= 4 is 22.8 Å². The maximum absolute atomic E-state index is 13.2. The molecule has 0 aliphatic rings. The van der Waals surface area contributed by atoms with Gasteiger partial charge in [0, 0.05) is 19.1 Å². The number of halogens is 1. The first-order chi connectivity index (χ1) is 14.3. The van der Waals surface area contributed by atoms with E-state index < -0.39 is 11.2 Å². The summed E-state index contributed by atoms with van der Waals surface area (Å²) >= 11 is 6.23. The minimum absolute atomic E-state index is 0.0689. The molecule has 30 heavy (non-hydrogen) atoms. The maximum Gasteiger partial charge on any atom is 0.332 e. The number of fused-ring (bicyclic) bond motifs is 1. The summed E-state index contributed by atoms with van der Waals surface area (Å²) in [5.41, 5.74) is 2.31. The van der Waals surface area contributed by atoms with E-state index in [1.165, 1.54) is 4.57 Å². The Kier molecular flexibility index (Phi) is 4.99. The SMILES string of the molecule is Cc1ccc(C)c(Oc2nc3c(c(=O)n(Cc4ccccc4Cl)c(=O)n3C)n2C)c1. The van der Waals surface area contributed by atoms with Crippen LogP contribution < -0.4 is 16.0 Å². The van der Waals surface area contributed by atoms with E-state index in [4.69, 9.17) is 16.3 Å². The lowest BCUT2D eigenvalue weighted by Crippen LogP contribution is -2.39. The van der Waals surface area contributed by atoms with Crippen LogP contribution in [0.5, 0.6) is 11.8 Å². The Hall–Kier alpha value is -3.32. The van der Waals surface area contributed by atoms with Crippen LogP contribution in [0, 0.1) is 13.8 Å². The van der Waals surface area contributed by atoms with Gasteiger partial charge in [0.15, 0.2) is 11.2 Å². The number of benzene rings is 2. The van der Waals surface area contributed by atoms with Crippen LogP contribution in [0.1, 0.15) is 16.7 Å². The summed E-state index contributed by atoms with van der Waals surface area (Å²) in [6.45, 7) is 3.97. The molecule has 7 nitrogen and oxygen atoms in total. The average Bonchev–Trinajstić information content (AvgIpc) is 3.04. The molecule has 0 amide bonds. The normalized spacial score (nSPS) is 11.2. The molecule has 154 valence electrons. The van der Waals surface area contributed by atoms with Crippen LogP contribution in [0.25, 0.3) is 11.2 Å². The number of imidazole rings is 1. The van der Waals surface area contributed by atoms with Gasteiger partial charge in [-0.05, 0) is 42.7 Å². The molecule has 2 aromatic carbocycles. The van der Waals surface area contributed by atoms with E-state index in [1.807, 2.05) is 38.1 Å². The highest BCUT2D eigenvalue weighted by Gasteiger charge is 2.20. The van der Waals surface area contributed by atoms with Crippen LogP contribution in [0.2, 0.25) is 5.02 Å². The van der Waals surface area contributed by atoms with Gasteiger partial charge < -0.3 is 4.74 Å². The Morgan fingerprint density at radius 3 is 2.50 bits per heavy atom. The molecule has 0 fully saturated rings. The molecule has 0 saturated heterocycles. The first-order valence-corrected chi connectivity index (χ1v) is 9.80. The average molecular weight is 425 g/mol. The van der Waals surface area contributed by atoms with Gasteiger partial charge in [-0.25, -0.2) is 4.79 Å². The number of hydrogen-bond donors (Lipinski definition) is 0. The predicted octanol–water partition coefficient (Wildman–Crippen LogP) is 3.54. The largest absolute Gasteiger partial charge is 0.425 e. The molecule has 0 radical (unpaired) electrons. The Morgan fingerprint density at radius 2 is 1.77 bits per heavy atom. The van der Waals surface area contributed by atoms with Crippen molar-refractivity contribution in [3.8, 4) is 11.8 Å². The smallest absolute Gasteiger partial charge is 0.332 e. The lowest BCUT2D eigenvalue weighted by atomic mass is 10.1. The third-order valence-corrected chi connectivity index (χ3v) is 5.52. The lowest BCUT2D eigenvalue weighted by Gasteiger charge is -2.10. The van der Waals surface area contributed by atoms with Crippen molar-refractivity contribution in [3.63, 3.8) is 0 Å². The van der Waals surface area contributed by atoms with Crippen molar-refractivity contribution in [2.24, 2.45) is 14.1 Å². The number of rotatable bonds is 4. The van der Waals surface area contributed by atoms with Gasteiger partial charge in [0.2, 0.25) is 0 Å². The van der Waals surface area contributed by atoms with Crippen LogP contribution in [-0.2, 0) is 20.6 Å². The minimum Gasteiger partial charge on any atom is -0.425 e. The van der Waals surface area contributed by atoms with Gasteiger partial charge in [0.05, 0.1) is 6.54 Å². The molecule has 8 heteroatoms. The van der Waals surface area contributed by atoms with E-state index in [0.717, 1.165) is 15.7 Å². The van der Waals surface area contributed by atoms with Crippen LogP contribution in [0.3, 0.4) is 0 Å². The van der Waals surface area contributed by atoms with Crippen molar-refractivity contribution in [1.82, 2.24) is 18.7 Å². The number of hydrogen-bond acceptors (Lipinski definition) is 4. The molecule has 0 aliphatic carbocycles. The summed E-state index contributed by atoms with van der Waals surface area (Å²) in [5.74, 6) is 0.648. The quantitative estimate of drug-likeness (QED) is 0.502. The van der Waals surface area contributed by atoms with Crippen molar-refractivity contribution < 1.29 is 4.74 Å². The molecule has 0 spiro atoms. The van der Waals surface area contributed by atoms with Crippen molar-refractivity contribution in [3.05, 3.63) is 85.0 Å². The molecule has 4 rings (SSSR count). The molecule has 4 aromatic rings. The van der Waals surface area contributed by atoms with E-state index in [0.29, 0.717) is 16.3 Å². The zero-order valence-corrected chi connectivity index (χ0v) is 17.9. The fraction of sp³-hybridized carbons (Fsp3) is 0.227. The summed E-state index contributed by atoms with van der Waals surface area (Å²) in [4.78, 5) is 30.5. The fourth-order valence-corrected chi connectivity index (χ4v) is 3.56.